The topological polar surface area (TPSA) is 0 Å². The molecule has 0 fully saturated rings. The van der Waals surface area contributed by atoms with Crippen molar-refractivity contribution < 1.29 is 16.9 Å². The van der Waals surface area contributed by atoms with Gasteiger partial charge in [0, 0.05) is 0 Å². The van der Waals surface area contributed by atoms with E-state index in [0.29, 0.717) is 0 Å². The largest absolute Gasteiger partial charge is 0.813 e. The van der Waals surface area contributed by atoms with Crippen molar-refractivity contribution in [1.82, 2.24) is 0 Å². The number of halogens is 4. The standard InChI is InChI=1S/2Fe.4HI.4H2S/h;;4*1H;4*1H2/q2*+2;;;;;;;;/p-8. The minimum Gasteiger partial charge on any atom is -0.813 e. The fourth-order valence-corrected chi connectivity index (χ4v) is 0. The van der Waals surface area contributed by atoms with Crippen LogP contribution >= 0.6 is 81.4 Å². The van der Waals surface area contributed by atoms with Crippen molar-refractivity contribution in [3.05, 3.63) is 0 Å². The molecule has 0 radical (unpaired) electrons. The molecule has 0 aromatic rings. The van der Waals surface area contributed by atoms with E-state index in [2.05, 4.69) is 81.4 Å². The quantitative estimate of drug-likeness (QED) is 0.162. The Morgan fingerprint density at radius 1 is 0.500 bits per heavy atom. The van der Waals surface area contributed by atoms with E-state index in [4.69, 9.17) is 0 Å². The zero-order chi connectivity index (χ0) is 5.41. The van der Waals surface area contributed by atoms with Gasteiger partial charge in [-0.1, -0.05) is 0 Å². The van der Waals surface area contributed by atoms with Crippen LogP contribution in [-0.2, 0) is 70.9 Å². The molecule has 0 rings (SSSR count). The van der Waals surface area contributed by atoms with Crippen LogP contribution in [0.2, 0.25) is 0 Å². The molecule has 0 spiro atoms. The van der Waals surface area contributed by atoms with Gasteiger partial charge in [0.2, 0.25) is 0 Å². The molecule has 0 unspecified atom stereocenters. The second-order valence-electron chi connectivity index (χ2n) is 0.101. The summed E-state index contributed by atoms with van der Waals surface area (Å²) in [5.41, 5.74) is 0. The predicted octanol–water partition coefficient (Wildman–Crippen LogP) is 2.46. The summed E-state index contributed by atoms with van der Waals surface area (Å²) in [5.74, 6) is 0. The van der Waals surface area contributed by atoms with Gasteiger partial charge in [-0.05, 0) is 0 Å². The molecule has 0 aliphatic rings. The number of rotatable bonds is 0. The fourth-order valence-electron chi connectivity index (χ4n) is 0. The van der Waals surface area contributed by atoms with Crippen molar-refractivity contribution in [1.29, 1.82) is 0 Å². The first-order valence-electron chi connectivity index (χ1n) is 0.535. The van der Waals surface area contributed by atoms with Gasteiger partial charge < -0.3 is 54.0 Å². The third-order valence-electron chi connectivity index (χ3n) is 0. The smallest absolute Gasteiger partial charge is 0.813 e. The molecule has 0 nitrogen and oxygen atoms in total. The Labute approximate surface area is 148 Å². The average molecular weight is 752 g/mol. The van der Waals surface area contributed by atoms with Crippen molar-refractivity contribution in [2.45, 2.75) is 0 Å². The molecule has 0 aliphatic carbocycles. The van der Waals surface area contributed by atoms with Gasteiger partial charge in [0.25, 0.3) is 0 Å². The Balaban J connectivity index is -0.00000000571. The van der Waals surface area contributed by atoms with Crippen LogP contribution in [0.5, 0.6) is 0 Å². The Kier molecular flexibility index (Phi) is 171. The van der Waals surface area contributed by atoms with E-state index in [1.807, 2.05) is 0 Å². The third kappa shape index (κ3) is 71.1. The Morgan fingerprint density at radius 3 is 0.500 bits per heavy atom. The number of hydrogen-bond donors (Lipinski definition) is 0. The molecule has 0 heterocycles. The van der Waals surface area contributed by atoms with Crippen LogP contribution in [0, 0.1) is 0 Å². The molecule has 0 atom stereocenters. The molecular formula is H4Fe2I4S4-4. The summed E-state index contributed by atoms with van der Waals surface area (Å²) in [4.78, 5) is 0. The van der Waals surface area contributed by atoms with Gasteiger partial charge in [0.05, 0.1) is 0 Å². The predicted molar refractivity (Wildman–Crippen MR) is 91.1 cm³/mol. The van der Waals surface area contributed by atoms with Gasteiger partial charge in [0.1, 0.15) is 0 Å². The van der Waals surface area contributed by atoms with Crippen LogP contribution in [0.15, 0.2) is 0 Å². The minimum absolute atomic E-state index is 0. The molecule has 0 amide bonds. The van der Waals surface area contributed by atoms with E-state index in [-0.39, 0.29) is 54.0 Å². The summed E-state index contributed by atoms with van der Waals surface area (Å²) in [6, 6.07) is 0. The summed E-state index contributed by atoms with van der Waals surface area (Å²) in [7, 11) is 2.38. The molecule has 0 aliphatic heterocycles. The van der Waals surface area contributed by atoms with Crippen LogP contribution in [0.4, 0.5) is 0 Å². The summed E-state index contributed by atoms with van der Waals surface area (Å²) in [5, 5.41) is 0. The third-order valence-corrected chi connectivity index (χ3v) is 0. The SMILES string of the molecule is [I][Fe][I].[I][Fe][I].[SH-].[SH-].[SH-].[SH-]. The van der Waals surface area contributed by atoms with E-state index in [9.17, 15) is 0 Å². The molecule has 0 bridgehead atoms. The average Bonchev–Trinajstić information content (AvgIpc) is 1.39. The molecule has 0 saturated heterocycles. The van der Waals surface area contributed by atoms with Crippen LogP contribution in [0.1, 0.15) is 0 Å². The van der Waals surface area contributed by atoms with Gasteiger partial charge >= 0.3 is 98.3 Å². The molecule has 0 aromatic heterocycles. The fraction of sp³-hybridized carbons (Fsp3) is 0. The first-order chi connectivity index (χ1) is 2.83. The summed E-state index contributed by atoms with van der Waals surface area (Å²) in [6.45, 7) is 0. The first-order valence-corrected chi connectivity index (χ1v) is 14.8. The van der Waals surface area contributed by atoms with E-state index in [1.165, 1.54) is 16.9 Å². The van der Waals surface area contributed by atoms with Gasteiger partial charge in [-0.2, -0.15) is 0 Å². The molecule has 0 N–H and O–H groups in total. The molecule has 0 saturated carbocycles. The van der Waals surface area contributed by atoms with Gasteiger partial charge in [-0.3, -0.25) is 0 Å². The monoisotopic (exact) mass is 751 g/mol. The van der Waals surface area contributed by atoms with Crippen molar-refractivity contribution in [3.8, 4) is 0 Å². The summed E-state index contributed by atoms with van der Waals surface area (Å²) < 4.78 is 0. The normalized spacial score (nSPS) is 4.40. The number of hydrogen-bond acceptors (Lipinski definition) is 4. The Hall–Kier alpha value is 5.36. The summed E-state index contributed by atoms with van der Waals surface area (Å²) in [6.07, 6.45) is 0. The van der Waals surface area contributed by atoms with Crippen molar-refractivity contribution >= 4 is 135 Å². The maximum Gasteiger partial charge on any atom is -0.813 e. The van der Waals surface area contributed by atoms with Crippen LogP contribution in [0.3, 0.4) is 0 Å². The van der Waals surface area contributed by atoms with Crippen LogP contribution in [0.25, 0.3) is 0 Å². The molecule has 10 heteroatoms. The molecular weight excluding hydrogens is 748 g/mol. The second kappa shape index (κ2) is 47.3. The van der Waals surface area contributed by atoms with Crippen molar-refractivity contribution in [2.75, 3.05) is 0 Å². The second-order valence-corrected chi connectivity index (χ2v) is 18.7. The Bertz CT molecular complexity index is 17.2. The van der Waals surface area contributed by atoms with Crippen molar-refractivity contribution in [3.63, 3.8) is 0 Å². The minimum atomic E-state index is 0. The number of thiol groups is 4. The molecule has 76 valence electrons. The zero-order valence-corrected chi connectivity index (χ0v) is 18.4. The van der Waals surface area contributed by atoms with Crippen molar-refractivity contribution in [2.24, 2.45) is 0 Å². The molecule has 10 heavy (non-hydrogen) atoms. The van der Waals surface area contributed by atoms with Gasteiger partial charge in [0.15, 0.2) is 0 Å². The van der Waals surface area contributed by atoms with Gasteiger partial charge in [-0.25, -0.2) is 0 Å². The zero-order valence-electron chi connectivity index (χ0n) is 4.01. The summed E-state index contributed by atoms with van der Waals surface area (Å²) >= 11 is 9.10. The van der Waals surface area contributed by atoms with E-state index < -0.39 is 0 Å². The maximum absolute atomic E-state index is 2.28. The Morgan fingerprint density at radius 2 is 0.500 bits per heavy atom. The molecule has 0 aromatic carbocycles. The van der Waals surface area contributed by atoms with Crippen LogP contribution in [-0.4, -0.2) is 0 Å². The maximum atomic E-state index is 2.28. The van der Waals surface area contributed by atoms with E-state index in [1.54, 1.807) is 0 Å². The van der Waals surface area contributed by atoms with E-state index in [0.717, 1.165) is 0 Å². The van der Waals surface area contributed by atoms with Crippen LogP contribution < -0.4 is 0 Å². The first kappa shape index (κ1) is 36.2. The van der Waals surface area contributed by atoms with Gasteiger partial charge in [-0.15, -0.1) is 0 Å². The van der Waals surface area contributed by atoms with E-state index >= 15 is 0 Å².